The van der Waals surface area contributed by atoms with E-state index in [1.54, 1.807) is 13.1 Å². The summed E-state index contributed by atoms with van der Waals surface area (Å²) >= 11 is 0. The zero-order chi connectivity index (χ0) is 15.7. The van der Waals surface area contributed by atoms with Crippen molar-refractivity contribution in [2.75, 3.05) is 20.1 Å². The summed E-state index contributed by atoms with van der Waals surface area (Å²) < 4.78 is 13.5. The molecular weight excluding hydrogens is 279 g/mol. The lowest BCUT2D eigenvalue weighted by atomic mass is 9.76. The third kappa shape index (κ3) is 2.76. The van der Waals surface area contributed by atoms with Gasteiger partial charge in [0.25, 0.3) is 0 Å². The Labute approximate surface area is 131 Å². The maximum atomic E-state index is 13.5. The smallest absolute Gasteiger partial charge is 0.223 e. The molecule has 1 aromatic carbocycles. The van der Waals surface area contributed by atoms with E-state index in [1.165, 1.54) is 6.07 Å². The molecule has 0 unspecified atom stereocenters. The number of hydrogen-bond acceptors (Lipinski definition) is 2. The summed E-state index contributed by atoms with van der Waals surface area (Å²) in [7, 11) is 1.73. The van der Waals surface area contributed by atoms with E-state index in [9.17, 15) is 9.18 Å². The maximum absolute atomic E-state index is 13.5. The number of nitrogens with zero attached hydrogens (tertiary/aromatic N) is 1. The van der Waals surface area contributed by atoms with Crippen molar-refractivity contribution < 1.29 is 9.18 Å². The Bertz CT molecular complexity index is 574. The number of amides is 1. The summed E-state index contributed by atoms with van der Waals surface area (Å²) in [6, 6.07) is 5.01. The van der Waals surface area contributed by atoms with Gasteiger partial charge in [-0.2, -0.15) is 0 Å². The van der Waals surface area contributed by atoms with Crippen molar-refractivity contribution >= 4 is 5.91 Å². The van der Waals surface area contributed by atoms with Gasteiger partial charge < -0.3 is 5.32 Å². The Morgan fingerprint density at radius 3 is 3.05 bits per heavy atom. The molecule has 2 atom stereocenters. The van der Waals surface area contributed by atoms with Gasteiger partial charge in [0.15, 0.2) is 0 Å². The van der Waals surface area contributed by atoms with Crippen molar-refractivity contribution in [1.82, 2.24) is 10.2 Å². The molecule has 1 aromatic rings. The summed E-state index contributed by atoms with van der Waals surface area (Å²) in [6.07, 6.45) is 4.38. The minimum Gasteiger partial charge on any atom is -0.359 e. The Hall–Kier alpha value is -1.42. The number of carbonyl (C=O) groups excluding carboxylic acids is 1. The van der Waals surface area contributed by atoms with Gasteiger partial charge in [0, 0.05) is 26.1 Å². The molecule has 1 amide bonds. The number of likely N-dealkylation sites (tertiary alicyclic amines) is 1. The van der Waals surface area contributed by atoms with Crippen LogP contribution < -0.4 is 5.32 Å². The molecule has 4 heteroatoms. The van der Waals surface area contributed by atoms with E-state index in [0.29, 0.717) is 0 Å². The van der Waals surface area contributed by atoms with Gasteiger partial charge in [-0.25, -0.2) is 4.39 Å². The first-order chi connectivity index (χ1) is 10.5. The lowest BCUT2D eigenvalue weighted by Gasteiger charge is -2.30. The second-order valence-electron chi connectivity index (χ2n) is 6.95. The number of aryl methyl sites for hydroxylation is 1. The van der Waals surface area contributed by atoms with E-state index < -0.39 is 0 Å². The van der Waals surface area contributed by atoms with Crippen LogP contribution in [0.2, 0.25) is 0 Å². The first kappa shape index (κ1) is 15.5. The quantitative estimate of drug-likeness (QED) is 0.931. The van der Waals surface area contributed by atoms with Crippen LogP contribution in [-0.4, -0.2) is 30.9 Å². The highest BCUT2D eigenvalue weighted by Gasteiger charge is 2.49. The van der Waals surface area contributed by atoms with E-state index in [1.807, 2.05) is 13.0 Å². The Kier molecular flexibility index (Phi) is 4.22. The number of rotatable bonds is 3. The molecule has 2 aliphatic rings. The van der Waals surface area contributed by atoms with Gasteiger partial charge in [0.1, 0.15) is 5.82 Å². The topological polar surface area (TPSA) is 32.3 Å². The van der Waals surface area contributed by atoms with Crippen molar-refractivity contribution in [3.8, 4) is 0 Å². The van der Waals surface area contributed by atoms with Crippen LogP contribution in [0.4, 0.5) is 4.39 Å². The molecule has 3 rings (SSSR count). The van der Waals surface area contributed by atoms with Crippen LogP contribution in [0.5, 0.6) is 0 Å². The molecule has 1 aliphatic heterocycles. The molecule has 0 bridgehead atoms. The predicted octanol–water partition coefficient (Wildman–Crippen LogP) is 2.87. The van der Waals surface area contributed by atoms with Gasteiger partial charge >= 0.3 is 0 Å². The number of hydrogen-bond donors (Lipinski definition) is 1. The molecule has 120 valence electrons. The summed E-state index contributed by atoms with van der Waals surface area (Å²) in [4.78, 5) is 14.6. The molecule has 0 radical (unpaired) electrons. The number of halogens is 1. The van der Waals surface area contributed by atoms with Crippen LogP contribution in [0.1, 0.15) is 36.8 Å². The fraction of sp³-hybridized carbons (Fsp3) is 0.611. The standard InChI is InChI=1S/C18H25FN2O/c1-13-5-6-15(19)10-14(13)11-21-9-8-18(12-21)7-3-4-16(18)17(22)20-2/h5-6,10,16H,3-4,7-9,11-12H2,1-2H3,(H,20,22)/t16-,18+/m0/s1. The first-order valence-corrected chi connectivity index (χ1v) is 8.23. The fourth-order valence-corrected chi connectivity index (χ4v) is 4.38. The number of nitrogens with one attached hydrogen (secondary N) is 1. The summed E-state index contributed by atoms with van der Waals surface area (Å²) in [5, 5.41) is 2.83. The molecule has 0 aromatic heterocycles. The van der Waals surface area contributed by atoms with Crippen LogP contribution in [0, 0.1) is 24.1 Å². The van der Waals surface area contributed by atoms with Gasteiger partial charge in [0.05, 0.1) is 0 Å². The van der Waals surface area contributed by atoms with Crippen molar-refractivity contribution in [3.05, 3.63) is 35.1 Å². The van der Waals surface area contributed by atoms with Crippen LogP contribution in [0.15, 0.2) is 18.2 Å². The molecule has 3 nitrogen and oxygen atoms in total. The largest absolute Gasteiger partial charge is 0.359 e. The van der Waals surface area contributed by atoms with E-state index in [-0.39, 0.29) is 23.1 Å². The summed E-state index contributed by atoms with van der Waals surface area (Å²) in [6.45, 7) is 4.78. The molecule has 2 fully saturated rings. The summed E-state index contributed by atoms with van der Waals surface area (Å²) in [5.74, 6) is 0.177. The minimum absolute atomic E-state index is 0.140. The number of benzene rings is 1. The van der Waals surface area contributed by atoms with Gasteiger partial charge in [-0.15, -0.1) is 0 Å². The molecular formula is C18H25FN2O. The van der Waals surface area contributed by atoms with Gasteiger partial charge in [0.2, 0.25) is 5.91 Å². The van der Waals surface area contributed by atoms with Gasteiger partial charge in [-0.3, -0.25) is 9.69 Å². The maximum Gasteiger partial charge on any atom is 0.223 e. The van der Waals surface area contributed by atoms with Crippen LogP contribution >= 0.6 is 0 Å². The third-order valence-electron chi connectivity index (χ3n) is 5.64. The van der Waals surface area contributed by atoms with E-state index >= 15 is 0 Å². The molecule has 22 heavy (non-hydrogen) atoms. The van der Waals surface area contributed by atoms with E-state index in [2.05, 4.69) is 10.2 Å². The first-order valence-electron chi connectivity index (χ1n) is 8.23. The van der Waals surface area contributed by atoms with Crippen LogP contribution in [0.3, 0.4) is 0 Å². The Morgan fingerprint density at radius 1 is 1.45 bits per heavy atom. The zero-order valence-corrected chi connectivity index (χ0v) is 13.5. The molecule has 1 saturated carbocycles. The molecule has 1 saturated heterocycles. The van der Waals surface area contributed by atoms with Gasteiger partial charge in [-0.1, -0.05) is 12.5 Å². The molecule has 1 heterocycles. The second-order valence-corrected chi connectivity index (χ2v) is 6.95. The zero-order valence-electron chi connectivity index (χ0n) is 13.5. The second kappa shape index (κ2) is 5.99. The fourth-order valence-electron chi connectivity index (χ4n) is 4.38. The molecule has 1 aliphatic carbocycles. The highest BCUT2D eigenvalue weighted by atomic mass is 19.1. The van der Waals surface area contributed by atoms with Crippen molar-refractivity contribution in [2.24, 2.45) is 11.3 Å². The van der Waals surface area contributed by atoms with Crippen molar-refractivity contribution in [2.45, 2.75) is 39.2 Å². The molecule has 1 spiro atoms. The monoisotopic (exact) mass is 304 g/mol. The lowest BCUT2D eigenvalue weighted by molar-refractivity contribution is -0.127. The lowest BCUT2D eigenvalue weighted by Crippen LogP contribution is -2.39. The average molecular weight is 304 g/mol. The highest BCUT2D eigenvalue weighted by molar-refractivity contribution is 5.79. The normalized spacial score (nSPS) is 28.4. The average Bonchev–Trinajstić information content (AvgIpc) is 3.10. The van der Waals surface area contributed by atoms with Gasteiger partial charge in [-0.05, 0) is 61.4 Å². The molecule has 1 N–H and O–H groups in total. The highest BCUT2D eigenvalue weighted by Crippen LogP contribution is 2.50. The summed E-state index contributed by atoms with van der Waals surface area (Å²) in [5.41, 5.74) is 2.34. The third-order valence-corrected chi connectivity index (χ3v) is 5.64. The van der Waals surface area contributed by atoms with Crippen LogP contribution in [0.25, 0.3) is 0 Å². The van der Waals surface area contributed by atoms with Crippen molar-refractivity contribution in [3.63, 3.8) is 0 Å². The Balaban J connectivity index is 1.72. The van der Waals surface area contributed by atoms with E-state index in [0.717, 1.165) is 56.4 Å². The Morgan fingerprint density at radius 2 is 2.27 bits per heavy atom. The van der Waals surface area contributed by atoms with E-state index in [4.69, 9.17) is 0 Å². The SMILES string of the molecule is CNC(=O)[C@@H]1CCC[C@]12CCN(Cc1cc(F)ccc1C)C2. The van der Waals surface area contributed by atoms with Crippen LogP contribution in [-0.2, 0) is 11.3 Å². The van der Waals surface area contributed by atoms with Crippen molar-refractivity contribution in [1.29, 1.82) is 0 Å². The minimum atomic E-state index is -0.168. The number of carbonyl (C=O) groups is 1. The predicted molar refractivity (Wildman–Crippen MR) is 84.9 cm³/mol.